The molecular formula is C26H27N5O2. The number of hydrogen-bond acceptors (Lipinski definition) is 5. The molecular weight excluding hydrogens is 414 g/mol. The molecule has 2 N–H and O–H groups in total. The summed E-state index contributed by atoms with van der Waals surface area (Å²) in [7, 11) is 0. The normalized spacial score (nSPS) is 11.3. The van der Waals surface area contributed by atoms with E-state index in [-0.39, 0.29) is 11.6 Å². The highest BCUT2D eigenvalue weighted by Crippen LogP contribution is 2.36. The Hall–Kier alpha value is -4.00. The Labute approximate surface area is 193 Å². The molecule has 0 aliphatic rings. The van der Waals surface area contributed by atoms with Crippen LogP contribution in [0.1, 0.15) is 33.5 Å². The summed E-state index contributed by atoms with van der Waals surface area (Å²) in [6.45, 7) is 7.83. The van der Waals surface area contributed by atoms with Crippen LogP contribution in [-0.2, 0) is 6.42 Å². The first-order chi connectivity index (χ1) is 15.8. The molecule has 0 spiro atoms. The number of urea groups is 1. The van der Waals surface area contributed by atoms with Gasteiger partial charge in [0.1, 0.15) is 11.6 Å². The van der Waals surface area contributed by atoms with Gasteiger partial charge in [0.15, 0.2) is 0 Å². The van der Waals surface area contributed by atoms with Crippen molar-refractivity contribution in [3.05, 3.63) is 72.8 Å². The van der Waals surface area contributed by atoms with Gasteiger partial charge in [-0.3, -0.25) is 0 Å². The fourth-order valence-electron chi connectivity index (χ4n) is 3.45. The van der Waals surface area contributed by atoms with E-state index >= 15 is 0 Å². The number of hydrogen-bond donors (Lipinski definition) is 2. The van der Waals surface area contributed by atoms with Gasteiger partial charge in [-0.2, -0.15) is 0 Å². The Bertz CT molecular complexity index is 1300. The van der Waals surface area contributed by atoms with Crippen LogP contribution in [0.15, 0.2) is 67.0 Å². The second kappa shape index (κ2) is 9.24. The van der Waals surface area contributed by atoms with Crippen LogP contribution >= 0.6 is 0 Å². The maximum absolute atomic E-state index is 12.4. The van der Waals surface area contributed by atoms with E-state index in [1.54, 1.807) is 12.4 Å². The Morgan fingerprint density at radius 1 is 0.939 bits per heavy atom. The summed E-state index contributed by atoms with van der Waals surface area (Å²) in [4.78, 5) is 25.8. The minimum absolute atomic E-state index is 0.260. The minimum Gasteiger partial charge on any atom is -0.438 e. The second-order valence-corrected chi connectivity index (χ2v) is 8.66. The van der Waals surface area contributed by atoms with Crippen molar-refractivity contribution in [1.29, 1.82) is 0 Å². The standard InChI is InChI=1S/C26H27N5O2/c1-5-23-27-16-14-21(29-23)19-11-8-15-28-24(19)33-22-13-12-20(17-9-6-7-10-18(17)22)30-25(32)31-26(2,3)4/h6-16H,5H2,1-4H3,(H2,30,31,32). The highest BCUT2D eigenvalue weighted by Gasteiger charge is 2.17. The Balaban J connectivity index is 1.69. The monoisotopic (exact) mass is 441 g/mol. The zero-order valence-corrected chi connectivity index (χ0v) is 19.2. The van der Waals surface area contributed by atoms with Crippen LogP contribution in [-0.4, -0.2) is 26.5 Å². The number of pyridine rings is 1. The average Bonchev–Trinajstić information content (AvgIpc) is 2.80. The van der Waals surface area contributed by atoms with Crippen molar-refractivity contribution in [3.8, 4) is 22.9 Å². The number of aromatic nitrogens is 3. The van der Waals surface area contributed by atoms with E-state index in [0.29, 0.717) is 17.3 Å². The van der Waals surface area contributed by atoms with Gasteiger partial charge >= 0.3 is 6.03 Å². The van der Waals surface area contributed by atoms with Gasteiger partial charge in [-0.1, -0.05) is 31.2 Å². The van der Waals surface area contributed by atoms with Gasteiger partial charge < -0.3 is 15.4 Å². The predicted octanol–water partition coefficient (Wildman–Crippen LogP) is 5.97. The Morgan fingerprint density at radius 3 is 2.48 bits per heavy atom. The van der Waals surface area contributed by atoms with Crippen LogP contribution in [0.2, 0.25) is 0 Å². The quantitative estimate of drug-likeness (QED) is 0.398. The molecule has 0 radical (unpaired) electrons. The van der Waals surface area contributed by atoms with E-state index in [1.165, 1.54) is 0 Å². The molecule has 7 nitrogen and oxygen atoms in total. The molecule has 2 aromatic carbocycles. The molecule has 0 saturated carbocycles. The first kappa shape index (κ1) is 22.2. The Morgan fingerprint density at radius 2 is 1.73 bits per heavy atom. The molecule has 168 valence electrons. The molecule has 0 unspecified atom stereocenters. The number of anilines is 1. The zero-order valence-electron chi connectivity index (χ0n) is 19.2. The van der Waals surface area contributed by atoms with Crippen LogP contribution in [0, 0.1) is 0 Å². The molecule has 4 aromatic rings. The largest absolute Gasteiger partial charge is 0.438 e. The van der Waals surface area contributed by atoms with Crippen LogP contribution < -0.4 is 15.4 Å². The number of carbonyl (C=O) groups is 1. The third kappa shape index (κ3) is 5.26. The van der Waals surface area contributed by atoms with E-state index in [2.05, 4.69) is 25.6 Å². The molecule has 0 aliphatic heterocycles. The molecule has 2 aromatic heterocycles. The summed E-state index contributed by atoms with van der Waals surface area (Å²) >= 11 is 0. The fraction of sp³-hybridized carbons (Fsp3) is 0.231. The van der Waals surface area contributed by atoms with Gasteiger partial charge in [-0.25, -0.2) is 19.7 Å². The third-order valence-electron chi connectivity index (χ3n) is 4.90. The van der Waals surface area contributed by atoms with Gasteiger partial charge in [0.05, 0.1) is 16.9 Å². The SMILES string of the molecule is CCc1nccc(-c2cccnc2Oc2ccc(NC(=O)NC(C)(C)C)c3ccccc23)n1. The number of fused-ring (bicyclic) bond motifs is 1. The van der Waals surface area contributed by atoms with Crippen LogP contribution in [0.25, 0.3) is 22.0 Å². The fourth-order valence-corrected chi connectivity index (χ4v) is 3.45. The molecule has 0 bridgehead atoms. The number of amides is 2. The lowest BCUT2D eigenvalue weighted by molar-refractivity contribution is 0.244. The van der Waals surface area contributed by atoms with Crippen LogP contribution in [0.5, 0.6) is 11.6 Å². The maximum Gasteiger partial charge on any atom is 0.319 e. The first-order valence-corrected chi connectivity index (χ1v) is 10.9. The van der Waals surface area contributed by atoms with E-state index < -0.39 is 0 Å². The minimum atomic E-state index is -0.336. The summed E-state index contributed by atoms with van der Waals surface area (Å²) in [5.74, 6) is 1.85. The highest BCUT2D eigenvalue weighted by molar-refractivity contribution is 6.04. The molecule has 0 saturated heterocycles. The smallest absolute Gasteiger partial charge is 0.319 e. The second-order valence-electron chi connectivity index (χ2n) is 8.66. The van der Waals surface area contributed by atoms with Crippen LogP contribution in [0.4, 0.5) is 10.5 Å². The van der Waals surface area contributed by atoms with Gasteiger partial charge in [0, 0.05) is 35.1 Å². The van der Waals surface area contributed by atoms with E-state index in [4.69, 9.17) is 4.74 Å². The van der Waals surface area contributed by atoms with Crippen molar-refractivity contribution in [2.45, 2.75) is 39.7 Å². The van der Waals surface area contributed by atoms with Crippen molar-refractivity contribution in [3.63, 3.8) is 0 Å². The summed E-state index contributed by atoms with van der Waals surface area (Å²) in [5.41, 5.74) is 1.90. The lowest BCUT2D eigenvalue weighted by atomic mass is 10.1. The third-order valence-corrected chi connectivity index (χ3v) is 4.90. The topological polar surface area (TPSA) is 89.0 Å². The van der Waals surface area contributed by atoms with Crippen molar-refractivity contribution in [2.75, 3.05) is 5.32 Å². The van der Waals surface area contributed by atoms with Crippen molar-refractivity contribution < 1.29 is 9.53 Å². The molecule has 2 amide bonds. The summed E-state index contributed by atoms with van der Waals surface area (Å²) < 4.78 is 6.29. The first-order valence-electron chi connectivity index (χ1n) is 10.9. The number of nitrogens with one attached hydrogen (secondary N) is 2. The van der Waals surface area contributed by atoms with Crippen molar-refractivity contribution >= 4 is 22.5 Å². The van der Waals surface area contributed by atoms with Gasteiger partial charge in [0.25, 0.3) is 0 Å². The van der Waals surface area contributed by atoms with E-state index in [0.717, 1.165) is 34.3 Å². The maximum atomic E-state index is 12.4. The number of carbonyl (C=O) groups excluding carboxylic acids is 1. The molecule has 33 heavy (non-hydrogen) atoms. The number of nitrogens with zero attached hydrogens (tertiary/aromatic N) is 3. The molecule has 4 rings (SSSR count). The highest BCUT2D eigenvalue weighted by atomic mass is 16.5. The van der Waals surface area contributed by atoms with Crippen molar-refractivity contribution in [2.24, 2.45) is 0 Å². The van der Waals surface area contributed by atoms with E-state index in [1.807, 2.05) is 82.3 Å². The number of benzene rings is 2. The van der Waals surface area contributed by atoms with Gasteiger partial charge in [-0.05, 0) is 51.1 Å². The molecule has 2 heterocycles. The molecule has 0 fully saturated rings. The molecule has 7 heteroatoms. The average molecular weight is 442 g/mol. The lowest BCUT2D eigenvalue weighted by Gasteiger charge is -2.21. The molecule has 0 aliphatic carbocycles. The molecule has 0 atom stereocenters. The van der Waals surface area contributed by atoms with Gasteiger partial charge in [0.2, 0.25) is 5.88 Å². The summed E-state index contributed by atoms with van der Waals surface area (Å²) in [6, 6.07) is 16.8. The van der Waals surface area contributed by atoms with E-state index in [9.17, 15) is 4.79 Å². The summed E-state index contributed by atoms with van der Waals surface area (Å²) in [5, 5.41) is 7.59. The van der Waals surface area contributed by atoms with Gasteiger partial charge in [-0.15, -0.1) is 0 Å². The number of ether oxygens (including phenoxy) is 1. The van der Waals surface area contributed by atoms with Crippen molar-refractivity contribution in [1.82, 2.24) is 20.3 Å². The van der Waals surface area contributed by atoms with Crippen LogP contribution in [0.3, 0.4) is 0 Å². The lowest BCUT2D eigenvalue weighted by Crippen LogP contribution is -2.43. The predicted molar refractivity (Wildman–Crippen MR) is 131 cm³/mol. The number of aryl methyl sites for hydroxylation is 1. The zero-order chi connectivity index (χ0) is 23.4. The number of rotatable bonds is 5. The summed E-state index contributed by atoms with van der Waals surface area (Å²) in [6.07, 6.45) is 4.18. The Kier molecular flexibility index (Phi) is 6.22.